The molecule has 0 amide bonds. The largest absolute Gasteiger partial charge is 0.308 e. The Hall–Kier alpha value is -1.85. The fourth-order valence-electron chi connectivity index (χ4n) is 2.13. The first-order valence-corrected chi connectivity index (χ1v) is 6.40. The summed E-state index contributed by atoms with van der Waals surface area (Å²) in [5.41, 5.74) is 2.06. The maximum absolute atomic E-state index is 4.31. The third-order valence-corrected chi connectivity index (χ3v) is 3.46. The Balaban J connectivity index is 2.18. The van der Waals surface area contributed by atoms with E-state index in [1.165, 1.54) is 17.1 Å². The van der Waals surface area contributed by atoms with Crippen molar-refractivity contribution in [2.75, 3.05) is 7.05 Å². The number of rotatable bonds is 3. The molecule has 0 bridgehead atoms. The van der Waals surface area contributed by atoms with Crippen molar-refractivity contribution in [3.63, 3.8) is 0 Å². The number of hydrogen-bond donors (Lipinski definition) is 1. The van der Waals surface area contributed by atoms with Crippen molar-refractivity contribution in [2.45, 2.75) is 6.04 Å². The van der Waals surface area contributed by atoms with E-state index in [2.05, 4.69) is 31.2 Å². The minimum absolute atomic E-state index is 0.0300. The molecule has 90 valence electrons. The third-order valence-electron chi connectivity index (χ3n) is 2.97. The SMILES string of the molecule is CNC(c1cnsn1)c1cncc2ccccc12. The van der Waals surface area contributed by atoms with Gasteiger partial charge in [0.25, 0.3) is 0 Å². The lowest BCUT2D eigenvalue weighted by Gasteiger charge is -2.15. The molecule has 0 saturated carbocycles. The van der Waals surface area contributed by atoms with Gasteiger partial charge < -0.3 is 5.32 Å². The average molecular weight is 256 g/mol. The Kier molecular flexibility index (Phi) is 3.00. The van der Waals surface area contributed by atoms with E-state index in [1.807, 2.05) is 31.6 Å². The number of fused-ring (bicyclic) bond motifs is 1. The van der Waals surface area contributed by atoms with Crippen LogP contribution in [0.3, 0.4) is 0 Å². The maximum atomic E-state index is 4.31. The van der Waals surface area contributed by atoms with E-state index in [1.54, 1.807) is 6.20 Å². The van der Waals surface area contributed by atoms with Crippen molar-refractivity contribution in [3.8, 4) is 0 Å². The summed E-state index contributed by atoms with van der Waals surface area (Å²) in [5, 5.41) is 5.61. The second kappa shape index (κ2) is 4.80. The van der Waals surface area contributed by atoms with Gasteiger partial charge in [-0.25, -0.2) is 0 Å². The fraction of sp³-hybridized carbons (Fsp3) is 0.154. The molecule has 2 heterocycles. The summed E-state index contributed by atoms with van der Waals surface area (Å²) in [6.07, 6.45) is 5.57. The molecule has 0 fully saturated rings. The number of benzene rings is 1. The highest BCUT2D eigenvalue weighted by atomic mass is 32.1. The first-order chi connectivity index (χ1) is 8.90. The zero-order valence-corrected chi connectivity index (χ0v) is 10.7. The number of nitrogens with zero attached hydrogens (tertiary/aromatic N) is 3. The minimum Gasteiger partial charge on any atom is -0.308 e. The van der Waals surface area contributed by atoms with E-state index in [-0.39, 0.29) is 6.04 Å². The van der Waals surface area contributed by atoms with Gasteiger partial charge >= 0.3 is 0 Å². The molecule has 18 heavy (non-hydrogen) atoms. The van der Waals surface area contributed by atoms with E-state index < -0.39 is 0 Å². The van der Waals surface area contributed by atoms with E-state index in [9.17, 15) is 0 Å². The molecule has 0 radical (unpaired) electrons. The predicted molar refractivity (Wildman–Crippen MR) is 72.6 cm³/mol. The van der Waals surface area contributed by atoms with Crippen LogP contribution in [0.4, 0.5) is 0 Å². The van der Waals surface area contributed by atoms with Crippen LogP contribution in [0.15, 0.2) is 42.9 Å². The van der Waals surface area contributed by atoms with Gasteiger partial charge in [0, 0.05) is 23.3 Å². The third kappa shape index (κ3) is 1.87. The number of aromatic nitrogens is 3. The van der Waals surface area contributed by atoms with Gasteiger partial charge in [-0.1, -0.05) is 24.3 Å². The van der Waals surface area contributed by atoms with Gasteiger partial charge in [-0.05, 0) is 12.4 Å². The van der Waals surface area contributed by atoms with Crippen LogP contribution in [0.25, 0.3) is 10.8 Å². The van der Waals surface area contributed by atoms with Crippen LogP contribution in [0.1, 0.15) is 17.3 Å². The molecule has 1 atom stereocenters. The quantitative estimate of drug-likeness (QED) is 0.781. The molecule has 1 unspecified atom stereocenters. The summed E-state index contributed by atoms with van der Waals surface area (Å²) in [5.74, 6) is 0. The van der Waals surface area contributed by atoms with E-state index in [4.69, 9.17) is 0 Å². The van der Waals surface area contributed by atoms with Crippen LogP contribution in [0.2, 0.25) is 0 Å². The van der Waals surface area contributed by atoms with Crippen LogP contribution in [0, 0.1) is 0 Å². The van der Waals surface area contributed by atoms with Crippen molar-refractivity contribution in [2.24, 2.45) is 0 Å². The van der Waals surface area contributed by atoms with Gasteiger partial charge in [0.1, 0.15) is 0 Å². The molecule has 1 N–H and O–H groups in total. The Morgan fingerprint density at radius 1 is 1.17 bits per heavy atom. The molecule has 2 aromatic heterocycles. The molecule has 1 aromatic carbocycles. The van der Waals surface area contributed by atoms with Crippen molar-refractivity contribution in [1.82, 2.24) is 19.0 Å². The highest BCUT2D eigenvalue weighted by Gasteiger charge is 2.17. The highest BCUT2D eigenvalue weighted by Crippen LogP contribution is 2.26. The van der Waals surface area contributed by atoms with E-state index in [0.29, 0.717) is 0 Å². The molecule has 5 heteroatoms. The van der Waals surface area contributed by atoms with Gasteiger partial charge in [0.05, 0.1) is 29.7 Å². The Bertz CT molecular complexity index is 646. The highest BCUT2D eigenvalue weighted by molar-refractivity contribution is 6.99. The molecule has 3 rings (SSSR count). The normalized spacial score (nSPS) is 12.7. The van der Waals surface area contributed by atoms with E-state index in [0.717, 1.165) is 16.6 Å². The van der Waals surface area contributed by atoms with Crippen molar-refractivity contribution >= 4 is 22.5 Å². The van der Waals surface area contributed by atoms with Crippen molar-refractivity contribution in [3.05, 3.63) is 54.1 Å². The molecular formula is C13H12N4S. The second-order valence-corrected chi connectivity index (χ2v) is 4.56. The molecule has 0 aliphatic carbocycles. The lowest BCUT2D eigenvalue weighted by Crippen LogP contribution is -2.18. The lowest BCUT2D eigenvalue weighted by atomic mass is 10.00. The Morgan fingerprint density at radius 2 is 2.06 bits per heavy atom. The smallest absolute Gasteiger partial charge is 0.0958 e. The van der Waals surface area contributed by atoms with Gasteiger partial charge in [0.2, 0.25) is 0 Å². The molecule has 0 saturated heterocycles. The summed E-state index contributed by atoms with van der Waals surface area (Å²) in [4.78, 5) is 4.31. The zero-order chi connectivity index (χ0) is 12.4. The van der Waals surface area contributed by atoms with Crippen LogP contribution in [-0.2, 0) is 0 Å². The number of pyridine rings is 1. The van der Waals surface area contributed by atoms with Gasteiger partial charge in [0.15, 0.2) is 0 Å². The predicted octanol–water partition coefficient (Wildman–Crippen LogP) is 2.40. The fourth-order valence-corrected chi connectivity index (χ4v) is 2.58. The van der Waals surface area contributed by atoms with Crippen LogP contribution < -0.4 is 5.32 Å². The van der Waals surface area contributed by atoms with Crippen LogP contribution in [0.5, 0.6) is 0 Å². The van der Waals surface area contributed by atoms with Gasteiger partial charge in [-0.3, -0.25) is 4.98 Å². The maximum Gasteiger partial charge on any atom is 0.0958 e. The summed E-state index contributed by atoms with van der Waals surface area (Å²) in [6.45, 7) is 0. The van der Waals surface area contributed by atoms with Crippen molar-refractivity contribution < 1.29 is 0 Å². The molecule has 0 spiro atoms. The Morgan fingerprint density at radius 3 is 2.83 bits per heavy atom. The molecule has 3 aromatic rings. The monoisotopic (exact) mass is 256 g/mol. The standard InChI is InChI=1S/C13H12N4S/c1-14-13(12-8-16-18-17-12)11-7-15-6-9-4-2-3-5-10(9)11/h2-8,13-14H,1H3. The Labute approximate surface area is 109 Å². The molecular weight excluding hydrogens is 244 g/mol. The van der Waals surface area contributed by atoms with Crippen molar-refractivity contribution in [1.29, 1.82) is 0 Å². The first kappa shape index (κ1) is 11.3. The van der Waals surface area contributed by atoms with Gasteiger partial charge in [-0.15, -0.1) is 0 Å². The van der Waals surface area contributed by atoms with Gasteiger partial charge in [-0.2, -0.15) is 8.75 Å². The minimum atomic E-state index is 0.0300. The molecule has 4 nitrogen and oxygen atoms in total. The number of hydrogen-bond acceptors (Lipinski definition) is 5. The topological polar surface area (TPSA) is 50.7 Å². The number of nitrogens with one attached hydrogen (secondary N) is 1. The second-order valence-electron chi connectivity index (χ2n) is 4.00. The van der Waals surface area contributed by atoms with Crippen LogP contribution in [-0.4, -0.2) is 20.8 Å². The summed E-state index contributed by atoms with van der Waals surface area (Å²) >= 11 is 1.22. The average Bonchev–Trinajstić information content (AvgIpc) is 2.94. The zero-order valence-electron chi connectivity index (χ0n) is 9.87. The first-order valence-electron chi connectivity index (χ1n) is 5.67. The van der Waals surface area contributed by atoms with E-state index >= 15 is 0 Å². The summed E-state index contributed by atoms with van der Waals surface area (Å²) in [6, 6.07) is 8.26. The summed E-state index contributed by atoms with van der Waals surface area (Å²) < 4.78 is 8.38. The van der Waals surface area contributed by atoms with Crippen LogP contribution >= 0.6 is 11.7 Å². The summed E-state index contributed by atoms with van der Waals surface area (Å²) in [7, 11) is 1.92. The lowest BCUT2D eigenvalue weighted by molar-refractivity contribution is 0.680. The molecule has 0 aliphatic rings. The molecule has 0 aliphatic heterocycles.